The van der Waals surface area contributed by atoms with Crippen LogP contribution in [0.1, 0.15) is 95.8 Å². The normalized spacial score (nSPS) is 21.8. The molecule has 3 heterocycles. The van der Waals surface area contributed by atoms with Gasteiger partial charge in [-0.1, -0.05) is 18.6 Å². The highest BCUT2D eigenvalue weighted by molar-refractivity contribution is 6.10. The predicted molar refractivity (Wildman–Crippen MR) is 151 cm³/mol. The molecule has 222 valence electrons. The van der Waals surface area contributed by atoms with Crippen LogP contribution in [0, 0.1) is 11.8 Å². The van der Waals surface area contributed by atoms with E-state index < -0.39 is 11.7 Å². The van der Waals surface area contributed by atoms with Crippen molar-refractivity contribution in [3.05, 3.63) is 76.4 Å². The fraction of sp³-hybridized carbons (Fsp3) is 0.531. The number of ether oxygens (including phenoxy) is 1. The van der Waals surface area contributed by atoms with Crippen LogP contribution < -0.4 is 10.2 Å². The number of aryl methyl sites for hydroxylation is 1. The Kier molecular flexibility index (Phi) is 6.69. The third-order valence-corrected chi connectivity index (χ3v) is 10.0. The lowest BCUT2D eigenvalue weighted by atomic mass is 9.72. The molecule has 0 spiro atoms. The number of fused-ring (bicyclic) bond motifs is 1. The number of alkyl halides is 3. The van der Waals surface area contributed by atoms with Crippen LogP contribution in [0.3, 0.4) is 0 Å². The smallest absolute Gasteiger partial charge is 0.381 e. The average Bonchev–Trinajstić information content (AvgIpc) is 3.45. The lowest BCUT2D eigenvalue weighted by Gasteiger charge is -2.46. The summed E-state index contributed by atoms with van der Waals surface area (Å²) in [6.45, 7) is 3.21. The first-order valence-electron chi connectivity index (χ1n) is 15.0. The molecule has 10 heteroatoms. The van der Waals surface area contributed by atoms with Crippen LogP contribution in [0.4, 0.5) is 18.9 Å². The molecule has 1 N–H and O–H groups in total. The maximum absolute atomic E-state index is 14.6. The van der Waals surface area contributed by atoms with Crippen molar-refractivity contribution in [1.29, 1.82) is 0 Å². The zero-order valence-corrected chi connectivity index (χ0v) is 24.0. The van der Waals surface area contributed by atoms with E-state index in [-0.39, 0.29) is 52.9 Å². The monoisotopic (exact) mass is 579 g/mol. The van der Waals surface area contributed by atoms with E-state index in [4.69, 9.17) is 4.74 Å². The van der Waals surface area contributed by atoms with E-state index in [2.05, 4.69) is 22.4 Å². The van der Waals surface area contributed by atoms with E-state index in [9.17, 15) is 18.0 Å². The van der Waals surface area contributed by atoms with Crippen molar-refractivity contribution in [3.8, 4) is 0 Å². The molecule has 3 fully saturated rings. The first kappa shape index (κ1) is 27.6. The fourth-order valence-electron chi connectivity index (χ4n) is 7.08. The number of carbonyl (C=O) groups is 1. The van der Waals surface area contributed by atoms with Gasteiger partial charge in [-0.3, -0.25) is 4.79 Å². The molecule has 7 nitrogen and oxygen atoms in total. The van der Waals surface area contributed by atoms with Gasteiger partial charge in [0.15, 0.2) is 0 Å². The first-order valence-corrected chi connectivity index (χ1v) is 15.0. The Bertz CT molecular complexity index is 1510. The second kappa shape index (κ2) is 10.2. The summed E-state index contributed by atoms with van der Waals surface area (Å²) in [5, 5.41) is 12.1. The molecule has 1 saturated heterocycles. The summed E-state index contributed by atoms with van der Waals surface area (Å²) in [5.74, 6) is 0.765. The third kappa shape index (κ3) is 4.72. The minimum absolute atomic E-state index is 0.0566. The Labute approximate surface area is 243 Å². The van der Waals surface area contributed by atoms with Gasteiger partial charge >= 0.3 is 6.18 Å². The van der Waals surface area contributed by atoms with Crippen molar-refractivity contribution in [1.82, 2.24) is 20.1 Å². The number of hydrogen-bond acceptors (Lipinski definition) is 5. The fourth-order valence-corrected chi connectivity index (χ4v) is 7.08. The Morgan fingerprint density at radius 3 is 2.43 bits per heavy atom. The Hall–Kier alpha value is -3.24. The van der Waals surface area contributed by atoms with Crippen LogP contribution in [-0.4, -0.2) is 39.4 Å². The maximum Gasteiger partial charge on any atom is 0.416 e. The van der Waals surface area contributed by atoms with E-state index in [0.717, 1.165) is 49.9 Å². The number of rotatable bonds is 8. The van der Waals surface area contributed by atoms with Crippen molar-refractivity contribution in [2.24, 2.45) is 18.9 Å². The van der Waals surface area contributed by atoms with Gasteiger partial charge in [0.1, 0.15) is 12.2 Å². The van der Waals surface area contributed by atoms with Crippen LogP contribution in [-0.2, 0) is 24.5 Å². The van der Waals surface area contributed by atoms with Crippen molar-refractivity contribution >= 4 is 11.6 Å². The lowest BCUT2D eigenvalue weighted by Crippen LogP contribution is -2.52. The quantitative estimate of drug-likeness (QED) is 0.347. The largest absolute Gasteiger partial charge is 0.416 e. The molecule has 2 atom stereocenters. The van der Waals surface area contributed by atoms with Gasteiger partial charge in [0.2, 0.25) is 0 Å². The van der Waals surface area contributed by atoms with Gasteiger partial charge in [0.25, 0.3) is 5.91 Å². The summed E-state index contributed by atoms with van der Waals surface area (Å²) in [6, 6.07) is 10.4. The van der Waals surface area contributed by atoms with Crippen molar-refractivity contribution in [2.45, 2.75) is 75.7 Å². The van der Waals surface area contributed by atoms with Crippen molar-refractivity contribution in [2.75, 3.05) is 18.1 Å². The first-order chi connectivity index (χ1) is 20.1. The molecule has 2 saturated carbocycles. The van der Waals surface area contributed by atoms with E-state index >= 15 is 0 Å². The maximum atomic E-state index is 14.6. The Morgan fingerprint density at radius 2 is 1.86 bits per heavy atom. The van der Waals surface area contributed by atoms with Crippen molar-refractivity contribution in [3.63, 3.8) is 0 Å². The summed E-state index contributed by atoms with van der Waals surface area (Å²) in [4.78, 5) is 15.4. The number of amides is 1. The predicted octanol–water partition coefficient (Wildman–Crippen LogP) is 6.15. The molecule has 2 aromatic carbocycles. The SMILES string of the molecule is Cn1cnnc1[C@@H](c1cccc(N2Cc3c(cc([C@@H](NC4(C)CCC4)C4CCC4)cc3C(F)(F)F)C2=O)c1)C1COC1. The molecule has 0 radical (unpaired) electrons. The topological polar surface area (TPSA) is 72.3 Å². The van der Waals surface area contributed by atoms with Crippen LogP contribution in [0.15, 0.2) is 42.7 Å². The Morgan fingerprint density at radius 1 is 1.07 bits per heavy atom. The molecule has 1 amide bonds. The van der Waals surface area contributed by atoms with Gasteiger partial charge in [-0.2, -0.15) is 13.2 Å². The van der Waals surface area contributed by atoms with Crippen molar-refractivity contribution < 1.29 is 22.7 Å². The van der Waals surface area contributed by atoms with E-state index in [1.54, 1.807) is 18.5 Å². The lowest BCUT2D eigenvalue weighted by molar-refractivity contribution is -0.138. The van der Waals surface area contributed by atoms with Crippen LogP contribution in [0.5, 0.6) is 0 Å². The number of nitrogens with one attached hydrogen (secondary N) is 1. The van der Waals surface area contributed by atoms with Gasteiger partial charge in [-0.25, -0.2) is 0 Å². The van der Waals surface area contributed by atoms with Gasteiger partial charge in [0.05, 0.1) is 31.2 Å². The second-order valence-electron chi connectivity index (χ2n) is 12.9. The highest BCUT2D eigenvalue weighted by Crippen LogP contribution is 2.46. The summed E-state index contributed by atoms with van der Waals surface area (Å²) in [7, 11) is 1.89. The number of aromatic nitrogens is 3. The molecule has 42 heavy (non-hydrogen) atoms. The van der Waals surface area contributed by atoms with E-state index in [1.165, 1.54) is 11.0 Å². The number of anilines is 1. The number of nitrogens with zero attached hydrogens (tertiary/aromatic N) is 4. The van der Waals surface area contributed by atoms with E-state index in [1.807, 2.05) is 29.8 Å². The summed E-state index contributed by atoms with van der Waals surface area (Å²) in [6.07, 6.45) is 3.29. The Balaban J connectivity index is 1.25. The molecule has 3 aromatic rings. The molecular weight excluding hydrogens is 543 g/mol. The summed E-state index contributed by atoms with van der Waals surface area (Å²) in [5.41, 5.74) is 1.53. The molecular formula is C32H36F3N5O2. The van der Waals surface area contributed by atoms with Gasteiger partial charge in [0, 0.05) is 35.8 Å². The minimum Gasteiger partial charge on any atom is -0.381 e. The van der Waals surface area contributed by atoms with E-state index in [0.29, 0.717) is 24.5 Å². The second-order valence-corrected chi connectivity index (χ2v) is 12.9. The zero-order valence-electron chi connectivity index (χ0n) is 24.0. The number of benzene rings is 2. The van der Waals surface area contributed by atoms with Crippen LogP contribution in [0.25, 0.3) is 0 Å². The summed E-state index contributed by atoms with van der Waals surface area (Å²) >= 11 is 0. The zero-order chi connectivity index (χ0) is 29.2. The molecule has 7 rings (SSSR count). The molecule has 2 aliphatic carbocycles. The highest BCUT2D eigenvalue weighted by atomic mass is 19.4. The number of carbonyl (C=O) groups excluding carboxylic acids is 1. The number of halogens is 3. The van der Waals surface area contributed by atoms with Gasteiger partial charge in [-0.15, -0.1) is 10.2 Å². The highest BCUT2D eigenvalue weighted by Gasteiger charge is 2.44. The number of hydrogen-bond donors (Lipinski definition) is 1. The summed E-state index contributed by atoms with van der Waals surface area (Å²) < 4.78 is 51.1. The van der Waals surface area contributed by atoms with Gasteiger partial charge in [-0.05, 0) is 85.9 Å². The molecule has 4 aliphatic rings. The molecule has 2 aliphatic heterocycles. The molecule has 0 bridgehead atoms. The molecule has 1 aromatic heterocycles. The third-order valence-electron chi connectivity index (χ3n) is 10.0. The standard InChI is InChI=1S/C32H36F3N5O2/c1-31(10-5-11-31)37-28(19-6-3-7-19)21-13-24-25(26(14-21)32(33,34)35)15-40(30(24)41)23-9-4-8-20(12-23)27(22-16-42-17-22)29-38-36-18-39(29)2/h4,8-9,12-14,18-19,22,27-28,37H,3,5-7,10-11,15-17H2,1-2H3/t27-,28-/m0/s1. The minimum atomic E-state index is -4.57. The van der Waals surface area contributed by atoms with Gasteiger partial charge < -0.3 is 19.5 Å². The molecule has 0 unspecified atom stereocenters. The van der Waals surface area contributed by atoms with Crippen LogP contribution in [0.2, 0.25) is 0 Å². The van der Waals surface area contributed by atoms with Crippen LogP contribution >= 0.6 is 0 Å². The average molecular weight is 580 g/mol.